The number of hydrogen-bond acceptors (Lipinski definition) is 6. The molecule has 0 fully saturated rings. The molecule has 3 rings (SSSR count). The first-order chi connectivity index (χ1) is 9.20. The van der Waals surface area contributed by atoms with Crippen LogP contribution in [0.5, 0.6) is 5.75 Å². The average molecular weight is 257 g/mol. The lowest BCUT2D eigenvalue weighted by atomic mass is 10.1. The molecule has 6 heteroatoms. The van der Waals surface area contributed by atoms with E-state index in [4.69, 9.17) is 16.2 Å². The summed E-state index contributed by atoms with van der Waals surface area (Å²) in [6.45, 7) is 0.232. The third-order valence-electron chi connectivity index (χ3n) is 3.15. The first-order valence-electron chi connectivity index (χ1n) is 6.21. The SMILES string of the molecule is Nc1nc(N)nc(COc2ccc3c(c2)CCC3)n1. The van der Waals surface area contributed by atoms with Crippen LogP contribution in [0.25, 0.3) is 0 Å². The van der Waals surface area contributed by atoms with Gasteiger partial charge in [-0.1, -0.05) is 6.07 Å². The minimum Gasteiger partial charge on any atom is -0.486 e. The fraction of sp³-hybridized carbons (Fsp3) is 0.308. The molecular formula is C13H15N5O. The second-order valence-electron chi connectivity index (χ2n) is 4.54. The zero-order chi connectivity index (χ0) is 13.2. The molecule has 0 atom stereocenters. The summed E-state index contributed by atoms with van der Waals surface area (Å²) in [5, 5.41) is 0. The van der Waals surface area contributed by atoms with Crippen LogP contribution < -0.4 is 16.2 Å². The zero-order valence-electron chi connectivity index (χ0n) is 10.5. The number of ether oxygens (including phenoxy) is 1. The standard InChI is InChI=1S/C13H15N5O/c14-12-16-11(17-13(15)18-12)7-19-10-5-4-8-2-1-3-9(8)6-10/h4-6H,1-3,7H2,(H4,14,15,16,17,18). The minimum atomic E-state index is 0.111. The Hall–Kier alpha value is -2.37. The summed E-state index contributed by atoms with van der Waals surface area (Å²) in [5.74, 6) is 1.48. The zero-order valence-corrected chi connectivity index (χ0v) is 10.5. The Kier molecular flexibility index (Phi) is 2.91. The highest BCUT2D eigenvalue weighted by atomic mass is 16.5. The normalized spacial score (nSPS) is 13.3. The minimum absolute atomic E-state index is 0.111. The maximum Gasteiger partial charge on any atom is 0.225 e. The molecule has 1 aliphatic rings. The summed E-state index contributed by atoms with van der Waals surface area (Å²) in [6, 6.07) is 6.17. The molecule has 1 aromatic heterocycles. The number of nitrogens with zero attached hydrogens (tertiary/aromatic N) is 3. The van der Waals surface area contributed by atoms with E-state index in [1.807, 2.05) is 6.07 Å². The molecule has 98 valence electrons. The predicted octanol–water partition coefficient (Wildman–Crippen LogP) is 1.10. The second kappa shape index (κ2) is 4.72. The van der Waals surface area contributed by atoms with Gasteiger partial charge >= 0.3 is 0 Å². The van der Waals surface area contributed by atoms with E-state index in [1.54, 1.807) is 0 Å². The van der Waals surface area contributed by atoms with Crippen LogP contribution >= 0.6 is 0 Å². The van der Waals surface area contributed by atoms with Crippen LogP contribution in [0.4, 0.5) is 11.9 Å². The number of hydrogen-bond donors (Lipinski definition) is 2. The molecule has 6 nitrogen and oxygen atoms in total. The van der Waals surface area contributed by atoms with E-state index < -0.39 is 0 Å². The Balaban J connectivity index is 1.72. The molecule has 0 amide bonds. The maximum absolute atomic E-state index is 5.66. The Morgan fingerprint density at radius 2 is 1.74 bits per heavy atom. The van der Waals surface area contributed by atoms with Crippen molar-refractivity contribution in [2.45, 2.75) is 25.9 Å². The molecule has 1 aromatic carbocycles. The van der Waals surface area contributed by atoms with E-state index >= 15 is 0 Å². The Bertz CT molecular complexity index is 594. The maximum atomic E-state index is 5.66. The number of rotatable bonds is 3. The van der Waals surface area contributed by atoms with Crippen molar-refractivity contribution >= 4 is 11.9 Å². The summed E-state index contributed by atoms with van der Waals surface area (Å²) in [6.07, 6.45) is 3.51. The molecule has 0 radical (unpaired) electrons. The topological polar surface area (TPSA) is 99.9 Å². The van der Waals surface area contributed by atoms with Crippen molar-refractivity contribution in [2.75, 3.05) is 11.5 Å². The van der Waals surface area contributed by atoms with Crippen molar-refractivity contribution in [3.63, 3.8) is 0 Å². The molecule has 1 heterocycles. The smallest absolute Gasteiger partial charge is 0.225 e. The first kappa shape index (κ1) is 11.7. The van der Waals surface area contributed by atoms with Gasteiger partial charge in [-0.25, -0.2) is 0 Å². The van der Waals surface area contributed by atoms with Crippen LogP contribution in [-0.4, -0.2) is 15.0 Å². The van der Waals surface area contributed by atoms with Gasteiger partial charge in [-0.05, 0) is 42.5 Å². The van der Waals surface area contributed by atoms with Gasteiger partial charge in [0.2, 0.25) is 11.9 Å². The van der Waals surface area contributed by atoms with Crippen molar-refractivity contribution in [1.29, 1.82) is 0 Å². The molecule has 0 aliphatic heterocycles. The van der Waals surface area contributed by atoms with Gasteiger partial charge in [-0.3, -0.25) is 0 Å². The molecule has 0 spiro atoms. The van der Waals surface area contributed by atoms with Gasteiger partial charge in [0.25, 0.3) is 0 Å². The van der Waals surface area contributed by atoms with Crippen molar-refractivity contribution in [2.24, 2.45) is 0 Å². The van der Waals surface area contributed by atoms with Crippen LogP contribution in [0, 0.1) is 0 Å². The summed E-state index contributed by atoms with van der Waals surface area (Å²) < 4.78 is 5.66. The van der Waals surface area contributed by atoms with Crippen LogP contribution in [0.15, 0.2) is 18.2 Å². The van der Waals surface area contributed by atoms with Crippen molar-refractivity contribution < 1.29 is 4.74 Å². The van der Waals surface area contributed by atoms with Gasteiger partial charge in [0.15, 0.2) is 5.82 Å². The highest BCUT2D eigenvalue weighted by Gasteiger charge is 2.11. The molecule has 0 saturated carbocycles. The number of nitrogen functional groups attached to an aromatic ring is 2. The lowest BCUT2D eigenvalue weighted by molar-refractivity contribution is 0.295. The summed E-state index contributed by atoms with van der Waals surface area (Å²) in [4.78, 5) is 11.7. The predicted molar refractivity (Wildman–Crippen MR) is 71.5 cm³/mol. The lowest BCUT2D eigenvalue weighted by Gasteiger charge is -2.07. The number of fused-ring (bicyclic) bond motifs is 1. The monoisotopic (exact) mass is 257 g/mol. The quantitative estimate of drug-likeness (QED) is 0.854. The van der Waals surface area contributed by atoms with Crippen molar-refractivity contribution in [1.82, 2.24) is 15.0 Å². The van der Waals surface area contributed by atoms with Crippen LogP contribution in [0.1, 0.15) is 23.4 Å². The lowest BCUT2D eigenvalue weighted by Crippen LogP contribution is -2.09. The number of aryl methyl sites for hydroxylation is 2. The second-order valence-corrected chi connectivity index (χ2v) is 4.54. The first-order valence-corrected chi connectivity index (χ1v) is 6.21. The van der Waals surface area contributed by atoms with Gasteiger partial charge in [-0.2, -0.15) is 15.0 Å². The summed E-state index contributed by atoms with van der Waals surface area (Å²) in [7, 11) is 0. The van der Waals surface area contributed by atoms with Crippen molar-refractivity contribution in [3.05, 3.63) is 35.2 Å². The molecule has 0 saturated heterocycles. The fourth-order valence-electron chi connectivity index (χ4n) is 2.31. The molecule has 4 N–H and O–H groups in total. The Morgan fingerprint density at radius 3 is 2.53 bits per heavy atom. The molecule has 1 aliphatic carbocycles. The molecule has 2 aromatic rings. The van der Waals surface area contributed by atoms with Gasteiger partial charge in [0.1, 0.15) is 12.4 Å². The molecule has 19 heavy (non-hydrogen) atoms. The van der Waals surface area contributed by atoms with Crippen LogP contribution in [0.3, 0.4) is 0 Å². The fourth-order valence-corrected chi connectivity index (χ4v) is 2.31. The largest absolute Gasteiger partial charge is 0.486 e. The van der Waals surface area contributed by atoms with E-state index in [0.717, 1.165) is 18.6 Å². The van der Waals surface area contributed by atoms with Crippen LogP contribution in [0.2, 0.25) is 0 Å². The Labute approximate surface area is 110 Å². The van der Waals surface area contributed by atoms with E-state index in [9.17, 15) is 0 Å². The van der Waals surface area contributed by atoms with Crippen LogP contribution in [-0.2, 0) is 19.4 Å². The van der Waals surface area contributed by atoms with Crippen molar-refractivity contribution in [3.8, 4) is 5.75 Å². The van der Waals surface area contributed by atoms with Gasteiger partial charge in [0, 0.05) is 0 Å². The van der Waals surface area contributed by atoms with E-state index in [1.165, 1.54) is 17.5 Å². The van der Waals surface area contributed by atoms with Gasteiger partial charge in [-0.15, -0.1) is 0 Å². The van der Waals surface area contributed by atoms with Gasteiger partial charge < -0.3 is 16.2 Å². The summed E-state index contributed by atoms with van der Waals surface area (Å²) >= 11 is 0. The summed E-state index contributed by atoms with van der Waals surface area (Å²) in [5.41, 5.74) is 13.8. The van der Waals surface area contributed by atoms with E-state index in [2.05, 4.69) is 27.1 Å². The number of aromatic nitrogens is 3. The Morgan fingerprint density at radius 1 is 1.00 bits per heavy atom. The third kappa shape index (κ3) is 2.57. The highest BCUT2D eigenvalue weighted by Crippen LogP contribution is 2.26. The molecule has 0 bridgehead atoms. The molecule has 0 unspecified atom stereocenters. The van der Waals surface area contributed by atoms with Gasteiger partial charge in [0.05, 0.1) is 0 Å². The third-order valence-corrected chi connectivity index (χ3v) is 3.15. The highest BCUT2D eigenvalue weighted by molar-refractivity contribution is 5.38. The van der Waals surface area contributed by atoms with E-state index in [0.29, 0.717) is 5.82 Å². The number of benzene rings is 1. The number of nitrogens with two attached hydrogens (primary N) is 2. The number of anilines is 2. The average Bonchev–Trinajstić information content (AvgIpc) is 2.82. The van der Waals surface area contributed by atoms with E-state index in [-0.39, 0.29) is 18.5 Å². The molecular weight excluding hydrogens is 242 g/mol.